The summed E-state index contributed by atoms with van der Waals surface area (Å²) in [6.07, 6.45) is 3.75. The zero-order valence-corrected chi connectivity index (χ0v) is 19.7. The Morgan fingerprint density at radius 3 is 2.24 bits per heavy atom. The third-order valence-corrected chi connectivity index (χ3v) is 5.97. The highest BCUT2D eigenvalue weighted by atomic mass is 19.1. The van der Waals surface area contributed by atoms with Gasteiger partial charge in [-0.3, -0.25) is 18.7 Å². The van der Waals surface area contributed by atoms with E-state index in [1.165, 1.54) is 29.2 Å². The highest BCUT2D eigenvalue weighted by molar-refractivity contribution is 5.96. The minimum Gasteiger partial charge on any atom is -0.501 e. The predicted octanol–water partition coefficient (Wildman–Crippen LogP) is 1.76. The Labute approximate surface area is 197 Å². The minimum atomic E-state index is -0.859. The van der Waals surface area contributed by atoms with Crippen molar-refractivity contribution in [2.24, 2.45) is 0 Å². The monoisotopic (exact) mass is 474 g/mol. The number of aromatic hydroxyl groups is 1. The van der Waals surface area contributed by atoms with E-state index in [0.29, 0.717) is 24.7 Å². The first-order valence-corrected chi connectivity index (χ1v) is 11.3. The van der Waals surface area contributed by atoms with Crippen LogP contribution in [-0.4, -0.2) is 63.4 Å². The van der Waals surface area contributed by atoms with Crippen molar-refractivity contribution in [2.45, 2.75) is 57.3 Å². The van der Waals surface area contributed by atoms with Gasteiger partial charge in [0.2, 0.25) is 5.75 Å². The fraction of sp³-hybridized carbons (Fsp3) is 0.500. The lowest BCUT2D eigenvalue weighted by atomic mass is 10.1. The third-order valence-electron chi connectivity index (χ3n) is 5.97. The summed E-state index contributed by atoms with van der Waals surface area (Å²) in [5.74, 6) is -1.88. The van der Waals surface area contributed by atoms with E-state index < -0.39 is 34.8 Å². The van der Waals surface area contributed by atoms with Gasteiger partial charge in [-0.15, -0.1) is 0 Å². The topological polar surface area (TPSA) is 105 Å². The highest BCUT2D eigenvalue weighted by Crippen LogP contribution is 2.29. The molecule has 0 radical (unpaired) electrons. The Morgan fingerprint density at radius 2 is 1.68 bits per heavy atom. The average Bonchev–Trinajstić information content (AvgIpc) is 3.30. The highest BCUT2D eigenvalue weighted by Gasteiger charge is 2.38. The van der Waals surface area contributed by atoms with Crippen LogP contribution in [-0.2, 0) is 17.9 Å². The number of hydrogen-bond acceptors (Lipinski definition) is 6. The van der Waals surface area contributed by atoms with Crippen LogP contribution in [0.2, 0.25) is 0 Å². The molecule has 9 nitrogen and oxygen atoms in total. The second-order valence-electron chi connectivity index (χ2n) is 9.16. The Balaban J connectivity index is 0.000000751. The van der Waals surface area contributed by atoms with Crippen LogP contribution in [0.15, 0.2) is 33.9 Å². The number of amides is 1. The second kappa shape index (κ2) is 10.8. The number of aldehydes is 1. The van der Waals surface area contributed by atoms with Crippen molar-refractivity contribution in [1.29, 1.82) is 0 Å². The molecule has 0 saturated heterocycles. The second-order valence-corrected chi connectivity index (χ2v) is 9.16. The molecule has 1 fully saturated rings. The lowest BCUT2D eigenvalue weighted by molar-refractivity contribution is -0.109. The molecule has 1 unspecified atom stereocenters. The number of hydrogen-bond donors (Lipinski definition) is 1. The van der Waals surface area contributed by atoms with Gasteiger partial charge in [0.15, 0.2) is 5.69 Å². The van der Waals surface area contributed by atoms with Gasteiger partial charge in [-0.25, -0.2) is 9.18 Å². The summed E-state index contributed by atoms with van der Waals surface area (Å²) < 4.78 is 15.4. The predicted molar refractivity (Wildman–Crippen MR) is 124 cm³/mol. The van der Waals surface area contributed by atoms with E-state index in [0.717, 1.165) is 22.0 Å². The molecule has 1 atom stereocenters. The molecule has 1 aromatic carbocycles. The van der Waals surface area contributed by atoms with Crippen LogP contribution in [0.3, 0.4) is 0 Å². The van der Waals surface area contributed by atoms with Gasteiger partial charge in [0.25, 0.3) is 11.5 Å². The number of benzene rings is 1. The van der Waals surface area contributed by atoms with Crippen LogP contribution in [0, 0.1) is 5.82 Å². The van der Waals surface area contributed by atoms with E-state index >= 15 is 0 Å². The van der Waals surface area contributed by atoms with Crippen molar-refractivity contribution < 1.29 is 19.1 Å². The number of carbonyl (C=O) groups excluding carboxylic acids is 2. The Morgan fingerprint density at radius 1 is 1.09 bits per heavy atom. The number of fused-ring (bicyclic) bond motifs is 1. The fourth-order valence-corrected chi connectivity index (χ4v) is 4.44. The summed E-state index contributed by atoms with van der Waals surface area (Å²) in [6, 6.07) is 4.62. The van der Waals surface area contributed by atoms with Gasteiger partial charge in [0.05, 0.1) is 6.04 Å². The molecular weight excluding hydrogens is 443 g/mol. The van der Waals surface area contributed by atoms with Crippen LogP contribution in [0.1, 0.15) is 54.2 Å². The molecule has 1 saturated carbocycles. The molecule has 1 aliphatic carbocycles. The lowest BCUT2D eigenvalue weighted by Gasteiger charge is -2.37. The van der Waals surface area contributed by atoms with E-state index in [1.54, 1.807) is 0 Å². The quantitative estimate of drug-likeness (QED) is 0.663. The van der Waals surface area contributed by atoms with E-state index in [2.05, 4.69) is 0 Å². The summed E-state index contributed by atoms with van der Waals surface area (Å²) in [7, 11) is 6.00. The molecule has 4 rings (SSSR count). The SMILES string of the molecule is CN(C)C.O=CCC1Cn2c(c(O)c(=O)n(C3CCCC3)c2=O)C(=O)N1Cc1ccc(F)cc1. The molecule has 1 aromatic heterocycles. The van der Waals surface area contributed by atoms with E-state index in [-0.39, 0.29) is 31.2 Å². The summed E-state index contributed by atoms with van der Waals surface area (Å²) in [5, 5.41) is 10.6. The summed E-state index contributed by atoms with van der Waals surface area (Å²) in [6.45, 7) is 0.0390. The number of nitrogens with zero attached hydrogens (tertiary/aromatic N) is 4. The van der Waals surface area contributed by atoms with E-state index in [9.17, 15) is 28.7 Å². The molecule has 10 heteroatoms. The molecule has 2 heterocycles. The Bertz CT molecular complexity index is 1150. The number of halogens is 1. The molecule has 184 valence electrons. The lowest BCUT2D eigenvalue weighted by Crippen LogP contribution is -2.54. The molecule has 2 aliphatic rings. The van der Waals surface area contributed by atoms with Gasteiger partial charge in [-0.2, -0.15) is 0 Å². The maximum Gasteiger partial charge on any atom is 0.332 e. The van der Waals surface area contributed by atoms with Gasteiger partial charge >= 0.3 is 5.69 Å². The normalized spacial score (nSPS) is 18.0. The molecule has 0 bridgehead atoms. The number of aromatic nitrogens is 2. The summed E-state index contributed by atoms with van der Waals surface area (Å²) in [4.78, 5) is 53.6. The first-order chi connectivity index (χ1) is 16.1. The Kier molecular flexibility index (Phi) is 8.03. The molecule has 1 aliphatic heterocycles. The van der Waals surface area contributed by atoms with Crippen molar-refractivity contribution in [3.05, 3.63) is 62.2 Å². The van der Waals surface area contributed by atoms with E-state index in [1.807, 2.05) is 26.0 Å². The average molecular weight is 475 g/mol. The fourth-order valence-electron chi connectivity index (χ4n) is 4.44. The molecular formula is C24H31FN4O5. The van der Waals surface area contributed by atoms with Crippen molar-refractivity contribution in [3.8, 4) is 5.75 Å². The van der Waals surface area contributed by atoms with Crippen LogP contribution in [0.25, 0.3) is 0 Å². The first kappa shape index (κ1) is 25.4. The van der Waals surface area contributed by atoms with Crippen LogP contribution in [0.5, 0.6) is 5.75 Å². The van der Waals surface area contributed by atoms with Gasteiger partial charge in [-0.05, 0) is 51.7 Å². The van der Waals surface area contributed by atoms with Crippen molar-refractivity contribution in [1.82, 2.24) is 18.9 Å². The smallest absolute Gasteiger partial charge is 0.332 e. The minimum absolute atomic E-state index is 0.0118. The maximum absolute atomic E-state index is 13.2. The van der Waals surface area contributed by atoms with Crippen LogP contribution >= 0.6 is 0 Å². The zero-order valence-electron chi connectivity index (χ0n) is 19.7. The van der Waals surface area contributed by atoms with Gasteiger partial charge < -0.3 is 19.7 Å². The molecule has 1 N–H and O–H groups in total. The molecule has 2 aromatic rings. The van der Waals surface area contributed by atoms with Gasteiger partial charge in [0, 0.05) is 25.6 Å². The third kappa shape index (κ3) is 5.27. The molecule has 1 amide bonds. The van der Waals surface area contributed by atoms with Crippen LogP contribution in [0.4, 0.5) is 4.39 Å². The largest absolute Gasteiger partial charge is 0.501 e. The van der Waals surface area contributed by atoms with Gasteiger partial charge in [0.1, 0.15) is 12.1 Å². The molecule has 0 spiro atoms. The van der Waals surface area contributed by atoms with Crippen molar-refractivity contribution >= 4 is 12.2 Å². The maximum atomic E-state index is 13.2. The summed E-state index contributed by atoms with van der Waals surface area (Å²) in [5.41, 5.74) is -1.23. The van der Waals surface area contributed by atoms with E-state index in [4.69, 9.17) is 0 Å². The number of rotatable bonds is 5. The first-order valence-electron chi connectivity index (χ1n) is 11.3. The molecule has 34 heavy (non-hydrogen) atoms. The standard InChI is InChI=1S/C21H22FN3O5.C3H9N/c22-14-7-5-13(6-8-14)11-23-16(9-10-26)12-24-17(19(23)28)18(27)20(29)25(21(24)30)15-3-1-2-4-15;1-4(2)3/h5-8,10,15-16,27H,1-4,9,11-12H2;1-3H3. The Hall–Kier alpha value is -3.27. The van der Waals surface area contributed by atoms with Crippen LogP contribution < -0.4 is 11.2 Å². The van der Waals surface area contributed by atoms with Gasteiger partial charge in [-0.1, -0.05) is 25.0 Å². The van der Waals surface area contributed by atoms with Crippen molar-refractivity contribution in [3.63, 3.8) is 0 Å². The summed E-state index contributed by atoms with van der Waals surface area (Å²) >= 11 is 0. The zero-order chi connectivity index (χ0) is 25.0. The number of carbonyl (C=O) groups is 2. The van der Waals surface area contributed by atoms with Crippen molar-refractivity contribution in [2.75, 3.05) is 21.1 Å².